The van der Waals surface area contributed by atoms with Gasteiger partial charge in [-0.2, -0.15) is 0 Å². The molecule has 4 heteroatoms. The highest BCUT2D eigenvalue weighted by Crippen LogP contribution is 2.26. The predicted molar refractivity (Wildman–Crippen MR) is 70.4 cm³/mol. The molecular weight excluding hydrogens is 231 g/mol. The van der Waals surface area contributed by atoms with E-state index in [1.54, 1.807) is 44.0 Å². The Bertz CT molecular complexity index is 432. The smallest absolute Gasteiger partial charge is 0.229 e. The van der Waals surface area contributed by atoms with Crippen molar-refractivity contribution < 1.29 is 9.18 Å². The molecule has 18 heavy (non-hydrogen) atoms. The van der Waals surface area contributed by atoms with E-state index in [4.69, 9.17) is 5.73 Å². The van der Waals surface area contributed by atoms with Gasteiger partial charge in [0, 0.05) is 19.2 Å². The van der Waals surface area contributed by atoms with Gasteiger partial charge < -0.3 is 10.6 Å². The van der Waals surface area contributed by atoms with Crippen LogP contribution in [0, 0.1) is 11.2 Å². The summed E-state index contributed by atoms with van der Waals surface area (Å²) in [6, 6.07) is 6.18. The molecule has 1 amide bonds. The molecule has 0 heterocycles. The molecule has 0 aliphatic rings. The monoisotopic (exact) mass is 252 g/mol. The summed E-state index contributed by atoms with van der Waals surface area (Å²) in [6.07, 6.45) is 0. The first-order chi connectivity index (χ1) is 8.31. The van der Waals surface area contributed by atoms with Crippen LogP contribution in [0.3, 0.4) is 0 Å². The van der Waals surface area contributed by atoms with Gasteiger partial charge in [-0.15, -0.1) is 0 Å². The van der Waals surface area contributed by atoms with Crippen LogP contribution in [-0.4, -0.2) is 24.4 Å². The first-order valence-electron chi connectivity index (χ1n) is 6.03. The average Bonchev–Trinajstić information content (AvgIpc) is 2.36. The second-order valence-corrected chi connectivity index (χ2v) is 5.20. The number of nitrogens with zero attached hydrogens (tertiary/aromatic N) is 1. The minimum atomic E-state index is -0.631. The fourth-order valence-corrected chi connectivity index (χ4v) is 1.76. The number of hydrogen-bond acceptors (Lipinski definition) is 2. The molecule has 3 nitrogen and oxygen atoms in total. The fourth-order valence-electron chi connectivity index (χ4n) is 1.76. The van der Waals surface area contributed by atoms with Crippen molar-refractivity contribution in [2.45, 2.75) is 26.8 Å². The first-order valence-corrected chi connectivity index (χ1v) is 6.03. The van der Waals surface area contributed by atoms with Crippen LogP contribution in [0.25, 0.3) is 0 Å². The first kappa shape index (κ1) is 14.6. The van der Waals surface area contributed by atoms with E-state index in [2.05, 4.69) is 0 Å². The van der Waals surface area contributed by atoms with Gasteiger partial charge in [-0.05, 0) is 26.8 Å². The van der Waals surface area contributed by atoms with Crippen molar-refractivity contribution in [2.24, 2.45) is 11.1 Å². The van der Waals surface area contributed by atoms with Crippen LogP contribution >= 0.6 is 0 Å². The highest BCUT2D eigenvalue weighted by Gasteiger charge is 2.31. The summed E-state index contributed by atoms with van der Waals surface area (Å²) >= 11 is 0. The number of halogens is 1. The van der Waals surface area contributed by atoms with E-state index >= 15 is 0 Å². The minimum absolute atomic E-state index is 0.0826. The Hall–Kier alpha value is -1.42. The van der Waals surface area contributed by atoms with Crippen molar-refractivity contribution >= 4 is 5.91 Å². The lowest BCUT2D eigenvalue weighted by molar-refractivity contribution is -0.140. The van der Waals surface area contributed by atoms with E-state index in [1.807, 2.05) is 6.92 Å². The molecule has 1 aromatic rings. The molecule has 0 aromatic heterocycles. The number of nitrogens with two attached hydrogens (primary N) is 1. The second kappa shape index (κ2) is 5.48. The van der Waals surface area contributed by atoms with E-state index in [9.17, 15) is 9.18 Å². The zero-order valence-electron chi connectivity index (χ0n) is 11.4. The van der Waals surface area contributed by atoms with Gasteiger partial charge in [0.05, 0.1) is 11.5 Å². The third-order valence-electron chi connectivity index (χ3n) is 3.35. The van der Waals surface area contributed by atoms with Crippen molar-refractivity contribution in [3.8, 4) is 0 Å². The molecule has 0 saturated heterocycles. The van der Waals surface area contributed by atoms with Gasteiger partial charge in [0.2, 0.25) is 5.91 Å². The maximum Gasteiger partial charge on any atom is 0.229 e. The summed E-state index contributed by atoms with van der Waals surface area (Å²) in [6.45, 7) is 5.66. The molecule has 100 valence electrons. The summed E-state index contributed by atoms with van der Waals surface area (Å²) in [5, 5.41) is 0. The minimum Gasteiger partial charge on any atom is -0.338 e. The van der Waals surface area contributed by atoms with Crippen molar-refractivity contribution in [1.82, 2.24) is 4.90 Å². The molecule has 1 atom stereocenters. The summed E-state index contributed by atoms with van der Waals surface area (Å²) in [5.41, 5.74) is 5.48. The molecule has 0 aliphatic heterocycles. The zero-order valence-corrected chi connectivity index (χ0v) is 11.4. The Morgan fingerprint density at radius 3 is 2.50 bits per heavy atom. The topological polar surface area (TPSA) is 46.3 Å². The van der Waals surface area contributed by atoms with Crippen molar-refractivity contribution in [2.75, 3.05) is 13.6 Å². The Kier molecular flexibility index (Phi) is 4.46. The Morgan fingerprint density at radius 1 is 1.44 bits per heavy atom. The molecule has 0 spiro atoms. The molecule has 1 aromatic carbocycles. The van der Waals surface area contributed by atoms with Crippen molar-refractivity contribution in [3.63, 3.8) is 0 Å². The lowest BCUT2D eigenvalue weighted by Gasteiger charge is -2.32. The second-order valence-electron chi connectivity index (χ2n) is 5.20. The average molecular weight is 252 g/mol. The number of rotatable bonds is 4. The Morgan fingerprint density at radius 2 is 2.00 bits per heavy atom. The molecular formula is C14H21FN2O. The quantitative estimate of drug-likeness (QED) is 0.894. The normalized spacial score (nSPS) is 13.2. The molecule has 1 rings (SSSR count). The van der Waals surface area contributed by atoms with Crippen molar-refractivity contribution in [1.29, 1.82) is 0 Å². The van der Waals surface area contributed by atoms with Gasteiger partial charge in [0.1, 0.15) is 5.82 Å². The van der Waals surface area contributed by atoms with Crippen LogP contribution in [0.15, 0.2) is 24.3 Å². The molecule has 0 aliphatic carbocycles. The van der Waals surface area contributed by atoms with Crippen LogP contribution in [0.4, 0.5) is 4.39 Å². The third-order valence-corrected chi connectivity index (χ3v) is 3.35. The molecule has 1 unspecified atom stereocenters. The number of carbonyl (C=O) groups excluding carboxylic acids is 1. The van der Waals surface area contributed by atoms with Crippen LogP contribution in [-0.2, 0) is 4.79 Å². The molecule has 0 radical (unpaired) electrons. The molecule has 2 N–H and O–H groups in total. The van der Waals surface area contributed by atoms with Gasteiger partial charge in [-0.1, -0.05) is 18.2 Å². The van der Waals surface area contributed by atoms with Crippen molar-refractivity contribution in [3.05, 3.63) is 35.6 Å². The Balaban J connectivity index is 2.95. The SMILES string of the molecule is CC(c1ccccc1F)N(C)C(=O)C(C)(C)CN. The molecule has 0 bridgehead atoms. The van der Waals surface area contributed by atoms with E-state index < -0.39 is 5.41 Å². The van der Waals surface area contributed by atoms with Crippen LogP contribution in [0.1, 0.15) is 32.4 Å². The fraction of sp³-hybridized carbons (Fsp3) is 0.500. The van der Waals surface area contributed by atoms with Gasteiger partial charge in [0.25, 0.3) is 0 Å². The summed E-state index contributed by atoms with van der Waals surface area (Å²) in [5.74, 6) is -0.379. The number of hydrogen-bond donors (Lipinski definition) is 1. The van der Waals surface area contributed by atoms with Gasteiger partial charge in [0.15, 0.2) is 0 Å². The summed E-state index contributed by atoms with van der Waals surface area (Å²) in [7, 11) is 1.68. The third kappa shape index (κ3) is 2.88. The summed E-state index contributed by atoms with van der Waals surface area (Å²) < 4.78 is 13.7. The molecule has 0 fully saturated rings. The van der Waals surface area contributed by atoms with E-state index in [1.165, 1.54) is 6.07 Å². The zero-order chi connectivity index (χ0) is 13.9. The van der Waals surface area contributed by atoms with E-state index in [0.717, 1.165) is 0 Å². The van der Waals surface area contributed by atoms with E-state index in [0.29, 0.717) is 5.56 Å². The van der Waals surface area contributed by atoms with Crippen LogP contribution < -0.4 is 5.73 Å². The van der Waals surface area contributed by atoms with Gasteiger partial charge in [-0.3, -0.25) is 4.79 Å². The molecule has 0 saturated carbocycles. The standard InChI is InChI=1S/C14H21FN2O/c1-10(11-7-5-6-8-12(11)15)17(4)13(18)14(2,3)9-16/h5-8,10H,9,16H2,1-4H3. The lowest BCUT2D eigenvalue weighted by Crippen LogP contribution is -2.43. The van der Waals surface area contributed by atoms with E-state index in [-0.39, 0.29) is 24.3 Å². The number of carbonyl (C=O) groups is 1. The largest absolute Gasteiger partial charge is 0.338 e. The lowest BCUT2D eigenvalue weighted by atomic mass is 9.91. The van der Waals surface area contributed by atoms with Crippen LogP contribution in [0.2, 0.25) is 0 Å². The van der Waals surface area contributed by atoms with Gasteiger partial charge in [-0.25, -0.2) is 4.39 Å². The maximum absolute atomic E-state index is 13.7. The van der Waals surface area contributed by atoms with Crippen LogP contribution in [0.5, 0.6) is 0 Å². The number of benzene rings is 1. The summed E-state index contributed by atoms with van der Waals surface area (Å²) in [4.78, 5) is 13.8. The highest BCUT2D eigenvalue weighted by atomic mass is 19.1. The highest BCUT2D eigenvalue weighted by molar-refractivity contribution is 5.82. The Labute approximate surface area is 108 Å². The number of amides is 1. The van der Waals surface area contributed by atoms with Gasteiger partial charge >= 0.3 is 0 Å². The maximum atomic E-state index is 13.7. The predicted octanol–water partition coefficient (Wildman–Crippen LogP) is 2.33.